The minimum Gasteiger partial charge on any atom is -0.365 e. The summed E-state index contributed by atoms with van der Waals surface area (Å²) < 4.78 is 0. The number of hydrogen-bond donors (Lipinski definition) is 2. The van der Waals surface area contributed by atoms with Crippen LogP contribution in [0.25, 0.3) is 0 Å². The van der Waals surface area contributed by atoms with Crippen LogP contribution in [0.15, 0.2) is 24.3 Å². The predicted molar refractivity (Wildman–Crippen MR) is 59.7 cm³/mol. The Balaban J connectivity index is 2.06. The highest BCUT2D eigenvalue weighted by Gasteiger charge is 2.31. The van der Waals surface area contributed by atoms with Crippen LogP contribution < -0.4 is 10.6 Å². The molecule has 1 atom stereocenters. The molecule has 0 bridgehead atoms. The molecule has 0 saturated carbocycles. The minimum absolute atomic E-state index is 0.287. The molecule has 5 heteroatoms. The molecule has 4 nitrogen and oxygen atoms in total. The molecule has 1 saturated heterocycles. The van der Waals surface area contributed by atoms with E-state index < -0.39 is 5.37 Å². The zero-order valence-electron chi connectivity index (χ0n) is 8.11. The van der Waals surface area contributed by atoms with Gasteiger partial charge in [0.05, 0.1) is 0 Å². The van der Waals surface area contributed by atoms with Crippen LogP contribution >= 0.6 is 11.8 Å². The van der Waals surface area contributed by atoms with E-state index in [-0.39, 0.29) is 11.1 Å². The fourth-order valence-electron chi connectivity index (χ4n) is 1.25. The van der Waals surface area contributed by atoms with Gasteiger partial charge in [0, 0.05) is 5.69 Å². The first-order valence-corrected chi connectivity index (χ1v) is 5.38. The molecule has 1 aromatic carbocycles. The summed E-state index contributed by atoms with van der Waals surface area (Å²) in [7, 11) is 0. The Kier molecular flexibility index (Phi) is 2.64. The van der Waals surface area contributed by atoms with Gasteiger partial charge in [0.2, 0.25) is 0 Å². The third kappa shape index (κ3) is 2.30. The lowest BCUT2D eigenvalue weighted by Crippen LogP contribution is -2.29. The monoisotopic (exact) mass is 222 g/mol. The van der Waals surface area contributed by atoms with Crippen molar-refractivity contribution in [3.05, 3.63) is 29.8 Å². The summed E-state index contributed by atoms with van der Waals surface area (Å²) in [4.78, 5) is 22.1. The van der Waals surface area contributed by atoms with Gasteiger partial charge in [0.1, 0.15) is 0 Å². The molecule has 0 unspecified atom stereocenters. The summed E-state index contributed by atoms with van der Waals surface area (Å²) in [6.45, 7) is 1.99. The van der Waals surface area contributed by atoms with Crippen LogP contribution in [0, 0.1) is 6.92 Å². The van der Waals surface area contributed by atoms with E-state index in [1.54, 1.807) is 0 Å². The number of amides is 2. The lowest BCUT2D eigenvalue weighted by atomic mass is 10.2. The van der Waals surface area contributed by atoms with Crippen LogP contribution in [-0.2, 0) is 4.79 Å². The highest BCUT2D eigenvalue weighted by atomic mass is 32.2. The standard InChI is InChI=1S/C10H10N2O2S/c1-6-2-4-7(5-3-6)11-9-8(13)12-10(14)15-9/h2-5,9,11H,1H3,(H,12,13,14)/t9-/m0/s1. The van der Waals surface area contributed by atoms with Crippen LogP contribution in [0.1, 0.15) is 5.56 Å². The number of rotatable bonds is 2. The summed E-state index contributed by atoms with van der Waals surface area (Å²) in [6, 6.07) is 7.65. The molecule has 2 N–H and O–H groups in total. The smallest absolute Gasteiger partial charge is 0.288 e. The number of aryl methyl sites for hydroxylation is 1. The second-order valence-electron chi connectivity index (χ2n) is 3.28. The zero-order valence-corrected chi connectivity index (χ0v) is 8.93. The Bertz CT molecular complexity index is 402. The molecule has 0 spiro atoms. The van der Waals surface area contributed by atoms with E-state index in [9.17, 15) is 9.59 Å². The summed E-state index contributed by atoms with van der Waals surface area (Å²) in [5.41, 5.74) is 1.99. The summed E-state index contributed by atoms with van der Waals surface area (Å²) in [5, 5.41) is 4.38. The molecule has 0 radical (unpaired) electrons. The molecule has 1 aliphatic rings. The van der Waals surface area contributed by atoms with Crippen molar-refractivity contribution in [3.8, 4) is 0 Å². The first-order valence-electron chi connectivity index (χ1n) is 4.50. The lowest BCUT2D eigenvalue weighted by molar-refractivity contribution is -0.118. The predicted octanol–water partition coefficient (Wildman–Crippen LogP) is 1.72. The van der Waals surface area contributed by atoms with Crippen LogP contribution in [0.4, 0.5) is 10.5 Å². The van der Waals surface area contributed by atoms with Gasteiger partial charge in [-0.25, -0.2) is 0 Å². The number of thioether (sulfide) groups is 1. The van der Waals surface area contributed by atoms with Crippen LogP contribution in [0.3, 0.4) is 0 Å². The van der Waals surface area contributed by atoms with Crippen LogP contribution in [-0.4, -0.2) is 16.5 Å². The van der Waals surface area contributed by atoms with Crippen LogP contribution in [0.2, 0.25) is 0 Å². The number of anilines is 1. The number of benzene rings is 1. The number of nitrogens with one attached hydrogen (secondary N) is 2. The second-order valence-corrected chi connectivity index (χ2v) is 4.36. The van der Waals surface area contributed by atoms with Crippen molar-refractivity contribution in [2.45, 2.75) is 12.3 Å². The number of hydrogen-bond acceptors (Lipinski definition) is 4. The molecule has 1 aromatic rings. The van der Waals surface area contributed by atoms with E-state index in [1.165, 1.54) is 0 Å². The van der Waals surface area contributed by atoms with Gasteiger partial charge < -0.3 is 5.32 Å². The average molecular weight is 222 g/mol. The summed E-state index contributed by atoms with van der Waals surface area (Å²) in [5.74, 6) is -0.287. The molecule has 2 rings (SSSR count). The maximum atomic E-state index is 11.2. The molecule has 0 aromatic heterocycles. The first kappa shape index (κ1) is 10.0. The molecule has 1 heterocycles. The fraction of sp³-hybridized carbons (Fsp3) is 0.200. The molecular weight excluding hydrogens is 212 g/mol. The van der Waals surface area contributed by atoms with Gasteiger partial charge in [0.25, 0.3) is 11.1 Å². The van der Waals surface area contributed by atoms with E-state index in [0.29, 0.717) is 0 Å². The Morgan fingerprint density at radius 2 is 1.93 bits per heavy atom. The molecule has 0 aliphatic carbocycles. The quantitative estimate of drug-likeness (QED) is 0.800. The van der Waals surface area contributed by atoms with Crippen molar-refractivity contribution in [1.82, 2.24) is 5.32 Å². The van der Waals surface area contributed by atoms with E-state index in [0.717, 1.165) is 23.0 Å². The van der Waals surface area contributed by atoms with E-state index in [2.05, 4.69) is 10.6 Å². The second kappa shape index (κ2) is 3.94. The number of imide groups is 1. The van der Waals surface area contributed by atoms with Crippen molar-refractivity contribution in [3.63, 3.8) is 0 Å². The Hall–Kier alpha value is -1.49. The normalized spacial score (nSPS) is 20.2. The highest BCUT2D eigenvalue weighted by molar-refractivity contribution is 8.15. The summed E-state index contributed by atoms with van der Waals surface area (Å²) >= 11 is 0.962. The van der Waals surface area contributed by atoms with Gasteiger partial charge in [-0.15, -0.1) is 0 Å². The van der Waals surface area contributed by atoms with Crippen molar-refractivity contribution in [1.29, 1.82) is 0 Å². The summed E-state index contributed by atoms with van der Waals surface area (Å²) in [6.07, 6.45) is 0. The SMILES string of the molecule is Cc1ccc(N[C@H]2SC(=O)NC2=O)cc1. The third-order valence-electron chi connectivity index (χ3n) is 2.04. The topological polar surface area (TPSA) is 58.2 Å². The van der Waals surface area contributed by atoms with Gasteiger partial charge in [-0.1, -0.05) is 17.7 Å². The van der Waals surface area contributed by atoms with Gasteiger partial charge >= 0.3 is 0 Å². The molecule has 78 valence electrons. The highest BCUT2D eigenvalue weighted by Crippen LogP contribution is 2.21. The van der Waals surface area contributed by atoms with Crippen molar-refractivity contribution in [2.24, 2.45) is 0 Å². The maximum Gasteiger partial charge on any atom is 0.288 e. The average Bonchev–Trinajstić information content (AvgIpc) is 2.49. The van der Waals surface area contributed by atoms with E-state index >= 15 is 0 Å². The van der Waals surface area contributed by atoms with Gasteiger partial charge in [-0.2, -0.15) is 0 Å². The van der Waals surface area contributed by atoms with E-state index in [4.69, 9.17) is 0 Å². The molecular formula is C10H10N2O2S. The Morgan fingerprint density at radius 3 is 2.47 bits per heavy atom. The minimum atomic E-state index is -0.514. The van der Waals surface area contributed by atoms with Crippen molar-refractivity contribution < 1.29 is 9.59 Å². The van der Waals surface area contributed by atoms with Crippen molar-refractivity contribution in [2.75, 3.05) is 5.32 Å². The lowest BCUT2D eigenvalue weighted by Gasteiger charge is -2.09. The Morgan fingerprint density at radius 1 is 1.27 bits per heavy atom. The van der Waals surface area contributed by atoms with Gasteiger partial charge in [-0.05, 0) is 30.8 Å². The third-order valence-corrected chi connectivity index (χ3v) is 2.92. The number of carbonyl (C=O) groups excluding carboxylic acids is 2. The van der Waals surface area contributed by atoms with E-state index in [1.807, 2.05) is 31.2 Å². The van der Waals surface area contributed by atoms with Gasteiger partial charge in [0.15, 0.2) is 5.37 Å². The largest absolute Gasteiger partial charge is 0.365 e. The maximum absolute atomic E-state index is 11.2. The molecule has 2 amide bonds. The van der Waals surface area contributed by atoms with Gasteiger partial charge in [-0.3, -0.25) is 14.9 Å². The van der Waals surface area contributed by atoms with Crippen molar-refractivity contribution >= 4 is 28.6 Å². The molecule has 1 aliphatic heterocycles. The molecule has 15 heavy (non-hydrogen) atoms. The zero-order chi connectivity index (χ0) is 10.8. The number of carbonyl (C=O) groups is 2. The Labute approximate surface area is 91.4 Å². The van der Waals surface area contributed by atoms with Crippen LogP contribution in [0.5, 0.6) is 0 Å². The first-order chi connectivity index (χ1) is 7.15. The molecule has 1 fully saturated rings. The fourth-order valence-corrected chi connectivity index (χ4v) is 1.99.